The summed E-state index contributed by atoms with van der Waals surface area (Å²) in [7, 11) is 4.30. The minimum absolute atomic E-state index is 0.341. The number of likely N-dealkylation sites (N-methyl/N-ethyl adjacent to an activating group) is 1. The summed E-state index contributed by atoms with van der Waals surface area (Å²) in [6.07, 6.45) is 1.72. The Morgan fingerprint density at radius 3 is 2.45 bits per heavy atom. The van der Waals surface area contributed by atoms with Gasteiger partial charge < -0.3 is 14.9 Å². The fraction of sp³-hybridized carbons (Fsp3) is 0.647. The smallest absolute Gasteiger partial charge is 0.0802 e. The van der Waals surface area contributed by atoms with E-state index in [4.69, 9.17) is 0 Å². The molecule has 2 atom stereocenters. The lowest BCUT2D eigenvalue weighted by Gasteiger charge is -2.21. The van der Waals surface area contributed by atoms with Crippen LogP contribution in [0, 0.1) is 13.8 Å². The van der Waals surface area contributed by atoms with Gasteiger partial charge in [0, 0.05) is 19.1 Å². The van der Waals surface area contributed by atoms with Crippen molar-refractivity contribution in [2.24, 2.45) is 0 Å². The Hall–Kier alpha value is -0.900. The van der Waals surface area contributed by atoms with Crippen LogP contribution in [0.15, 0.2) is 18.2 Å². The molecule has 1 N–H and O–H groups in total. The van der Waals surface area contributed by atoms with Crippen molar-refractivity contribution >= 4 is 0 Å². The van der Waals surface area contributed by atoms with E-state index < -0.39 is 0 Å². The molecule has 2 rings (SSSR count). The monoisotopic (exact) mass is 276 g/mol. The van der Waals surface area contributed by atoms with Crippen molar-refractivity contribution in [3.63, 3.8) is 0 Å². The molecule has 3 heteroatoms. The van der Waals surface area contributed by atoms with Crippen molar-refractivity contribution in [2.45, 2.75) is 38.8 Å². The van der Waals surface area contributed by atoms with Crippen molar-refractivity contribution in [3.05, 3.63) is 34.9 Å². The molecule has 1 aromatic rings. The molecule has 1 aromatic carbocycles. The van der Waals surface area contributed by atoms with Gasteiger partial charge in [-0.15, -0.1) is 0 Å². The number of hydrogen-bond donors (Lipinski definition) is 1. The van der Waals surface area contributed by atoms with E-state index in [0.29, 0.717) is 6.04 Å². The van der Waals surface area contributed by atoms with Gasteiger partial charge in [-0.25, -0.2) is 0 Å². The second kappa shape index (κ2) is 6.70. The summed E-state index contributed by atoms with van der Waals surface area (Å²) < 4.78 is 0. The Kier molecular flexibility index (Phi) is 5.19. The van der Waals surface area contributed by atoms with Gasteiger partial charge in [0.2, 0.25) is 0 Å². The highest BCUT2D eigenvalue weighted by atomic mass is 16.3. The zero-order chi connectivity index (χ0) is 14.7. The van der Waals surface area contributed by atoms with Crippen LogP contribution in [0.3, 0.4) is 0 Å². The first kappa shape index (κ1) is 15.5. The fourth-order valence-electron chi connectivity index (χ4n) is 3.11. The van der Waals surface area contributed by atoms with Gasteiger partial charge in [0.25, 0.3) is 0 Å². The Morgan fingerprint density at radius 1 is 1.25 bits per heavy atom. The van der Waals surface area contributed by atoms with Gasteiger partial charge in [-0.05, 0) is 52.9 Å². The molecule has 1 fully saturated rings. The summed E-state index contributed by atoms with van der Waals surface area (Å²) in [5.41, 5.74) is 3.52. The molecule has 0 saturated carbocycles. The number of aliphatic hydroxyl groups excluding tert-OH is 1. The molecule has 1 aliphatic rings. The van der Waals surface area contributed by atoms with Crippen LogP contribution in [0.25, 0.3) is 0 Å². The second-order valence-corrected chi connectivity index (χ2v) is 6.43. The highest BCUT2D eigenvalue weighted by Crippen LogP contribution is 2.21. The molecule has 3 nitrogen and oxygen atoms in total. The van der Waals surface area contributed by atoms with Crippen molar-refractivity contribution < 1.29 is 5.11 Å². The van der Waals surface area contributed by atoms with Crippen LogP contribution in [-0.4, -0.2) is 54.7 Å². The van der Waals surface area contributed by atoms with Gasteiger partial charge in [0.05, 0.1) is 6.10 Å². The SMILES string of the molecule is Cc1cc(C)cc(C(O)CCN2CCC(N(C)C)C2)c1. The molecule has 1 heterocycles. The van der Waals surface area contributed by atoms with E-state index in [-0.39, 0.29) is 6.10 Å². The summed E-state index contributed by atoms with van der Waals surface area (Å²) in [4.78, 5) is 4.77. The Bertz CT molecular complexity index is 424. The molecule has 1 aliphatic heterocycles. The van der Waals surface area contributed by atoms with Crippen LogP contribution in [0.2, 0.25) is 0 Å². The van der Waals surface area contributed by atoms with Crippen LogP contribution in [0.1, 0.15) is 35.6 Å². The second-order valence-electron chi connectivity index (χ2n) is 6.43. The third kappa shape index (κ3) is 4.05. The molecular weight excluding hydrogens is 248 g/mol. The van der Waals surface area contributed by atoms with Crippen molar-refractivity contribution in [1.29, 1.82) is 0 Å². The third-order valence-electron chi connectivity index (χ3n) is 4.33. The van der Waals surface area contributed by atoms with Gasteiger partial charge in [0.1, 0.15) is 0 Å². The van der Waals surface area contributed by atoms with E-state index in [1.165, 1.54) is 17.5 Å². The number of nitrogens with zero attached hydrogens (tertiary/aromatic N) is 2. The summed E-state index contributed by atoms with van der Waals surface area (Å²) >= 11 is 0. The first-order valence-electron chi connectivity index (χ1n) is 7.60. The average Bonchev–Trinajstić information content (AvgIpc) is 2.83. The maximum Gasteiger partial charge on any atom is 0.0802 e. The molecule has 0 bridgehead atoms. The van der Waals surface area contributed by atoms with Gasteiger partial charge >= 0.3 is 0 Å². The van der Waals surface area contributed by atoms with Crippen LogP contribution in [-0.2, 0) is 0 Å². The summed E-state index contributed by atoms with van der Waals surface area (Å²) in [5.74, 6) is 0. The van der Waals surface area contributed by atoms with E-state index in [2.05, 4.69) is 55.9 Å². The lowest BCUT2D eigenvalue weighted by Crippen LogP contribution is -2.32. The van der Waals surface area contributed by atoms with Crippen molar-refractivity contribution in [3.8, 4) is 0 Å². The maximum absolute atomic E-state index is 10.4. The van der Waals surface area contributed by atoms with Crippen LogP contribution >= 0.6 is 0 Å². The highest BCUT2D eigenvalue weighted by molar-refractivity contribution is 5.29. The molecule has 2 unspecified atom stereocenters. The molecule has 0 amide bonds. The molecular formula is C17H28N2O. The fourth-order valence-corrected chi connectivity index (χ4v) is 3.11. The zero-order valence-electron chi connectivity index (χ0n) is 13.3. The summed E-state index contributed by atoms with van der Waals surface area (Å²) in [6, 6.07) is 7.03. The number of rotatable bonds is 5. The molecule has 112 valence electrons. The Labute approximate surface area is 123 Å². The number of hydrogen-bond acceptors (Lipinski definition) is 3. The lowest BCUT2D eigenvalue weighted by atomic mass is 10.0. The van der Waals surface area contributed by atoms with Crippen LogP contribution < -0.4 is 0 Å². The van der Waals surface area contributed by atoms with E-state index in [1.807, 2.05) is 0 Å². The standard InChI is InChI=1S/C17H28N2O/c1-13-9-14(2)11-15(10-13)17(20)6-8-19-7-5-16(12-19)18(3)4/h9-11,16-17,20H,5-8,12H2,1-4H3. The Balaban J connectivity index is 1.85. The molecule has 1 saturated heterocycles. The minimum Gasteiger partial charge on any atom is -0.388 e. The van der Waals surface area contributed by atoms with E-state index >= 15 is 0 Å². The zero-order valence-corrected chi connectivity index (χ0v) is 13.3. The van der Waals surface area contributed by atoms with E-state index in [1.54, 1.807) is 0 Å². The minimum atomic E-state index is -0.341. The van der Waals surface area contributed by atoms with E-state index in [0.717, 1.165) is 31.6 Å². The predicted octanol–water partition coefficient (Wildman–Crippen LogP) is 2.36. The Morgan fingerprint density at radius 2 is 1.90 bits per heavy atom. The largest absolute Gasteiger partial charge is 0.388 e. The van der Waals surface area contributed by atoms with Crippen molar-refractivity contribution in [2.75, 3.05) is 33.7 Å². The summed E-state index contributed by atoms with van der Waals surface area (Å²) in [5, 5.41) is 10.4. The molecule has 0 aromatic heterocycles. The van der Waals surface area contributed by atoms with Crippen LogP contribution in [0.4, 0.5) is 0 Å². The molecule has 0 spiro atoms. The quantitative estimate of drug-likeness (QED) is 0.894. The van der Waals surface area contributed by atoms with Crippen molar-refractivity contribution in [1.82, 2.24) is 9.80 Å². The van der Waals surface area contributed by atoms with Gasteiger partial charge in [-0.2, -0.15) is 0 Å². The third-order valence-corrected chi connectivity index (χ3v) is 4.33. The molecule has 0 aliphatic carbocycles. The first-order chi connectivity index (χ1) is 9.45. The highest BCUT2D eigenvalue weighted by Gasteiger charge is 2.24. The topological polar surface area (TPSA) is 26.7 Å². The molecule has 0 radical (unpaired) electrons. The summed E-state index contributed by atoms with van der Waals surface area (Å²) in [6.45, 7) is 7.45. The van der Waals surface area contributed by atoms with Crippen LogP contribution in [0.5, 0.6) is 0 Å². The molecule has 20 heavy (non-hydrogen) atoms. The van der Waals surface area contributed by atoms with Gasteiger partial charge in [-0.1, -0.05) is 29.3 Å². The first-order valence-corrected chi connectivity index (χ1v) is 7.60. The average molecular weight is 276 g/mol. The predicted molar refractivity (Wildman–Crippen MR) is 84.0 cm³/mol. The van der Waals surface area contributed by atoms with E-state index in [9.17, 15) is 5.11 Å². The number of benzene rings is 1. The van der Waals surface area contributed by atoms with Gasteiger partial charge in [-0.3, -0.25) is 0 Å². The number of likely N-dealkylation sites (tertiary alicyclic amines) is 1. The van der Waals surface area contributed by atoms with Gasteiger partial charge in [0.15, 0.2) is 0 Å². The maximum atomic E-state index is 10.4. The number of aliphatic hydroxyl groups is 1. The normalized spacial score (nSPS) is 21.6. The lowest BCUT2D eigenvalue weighted by molar-refractivity contribution is 0.146. The number of aryl methyl sites for hydroxylation is 2.